The lowest BCUT2D eigenvalue weighted by Crippen LogP contribution is -2.17. The number of hydrogen-bond donors (Lipinski definition) is 2. The van der Waals surface area contributed by atoms with Crippen LogP contribution < -0.4 is 15.5 Å². The maximum atomic E-state index is 12.1. The molecule has 0 saturated heterocycles. The van der Waals surface area contributed by atoms with Gasteiger partial charge in [0.25, 0.3) is 5.91 Å². The van der Waals surface area contributed by atoms with Crippen LogP contribution in [0.3, 0.4) is 0 Å². The van der Waals surface area contributed by atoms with Gasteiger partial charge in [-0.25, -0.2) is 5.43 Å². The Labute approximate surface area is 159 Å². The van der Waals surface area contributed by atoms with Crippen molar-refractivity contribution in [2.24, 2.45) is 5.10 Å². The van der Waals surface area contributed by atoms with Crippen LogP contribution in [0.15, 0.2) is 52.0 Å². The third kappa shape index (κ3) is 5.76. The van der Waals surface area contributed by atoms with E-state index in [4.69, 9.17) is 11.2 Å². The van der Waals surface area contributed by atoms with E-state index in [1.54, 1.807) is 36.4 Å². The van der Waals surface area contributed by atoms with E-state index in [0.29, 0.717) is 22.6 Å². The van der Waals surface area contributed by atoms with Crippen LogP contribution in [0, 0.1) is 12.3 Å². The van der Waals surface area contributed by atoms with E-state index >= 15 is 0 Å². The number of halogens is 1. The van der Waals surface area contributed by atoms with Crippen molar-refractivity contribution in [2.75, 3.05) is 11.9 Å². The molecule has 2 aromatic carbocycles. The monoisotopic (exact) mass is 413 g/mol. The number of hydrogen-bond acceptors (Lipinski definition) is 4. The molecule has 0 aromatic heterocycles. The van der Waals surface area contributed by atoms with Crippen LogP contribution in [-0.2, 0) is 4.79 Å². The van der Waals surface area contributed by atoms with Gasteiger partial charge >= 0.3 is 0 Å². The van der Waals surface area contributed by atoms with Crippen LogP contribution >= 0.6 is 15.9 Å². The number of amides is 2. The van der Waals surface area contributed by atoms with E-state index < -0.39 is 0 Å². The number of benzene rings is 2. The zero-order chi connectivity index (χ0) is 18.9. The summed E-state index contributed by atoms with van der Waals surface area (Å²) in [6.07, 6.45) is 6.67. The van der Waals surface area contributed by atoms with Crippen molar-refractivity contribution in [3.05, 3.63) is 58.1 Å². The number of terminal acetylenes is 1. The number of rotatable bonds is 6. The molecule has 0 saturated carbocycles. The average molecular weight is 414 g/mol. The molecule has 0 radical (unpaired) electrons. The number of nitrogens with one attached hydrogen (secondary N) is 2. The molecular weight excluding hydrogens is 398 g/mol. The van der Waals surface area contributed by atoms with Crippen molar-refractivity contribution in [2.45, 2.75) is 6.92 Å². The van der Waals surface area contributed by atoms with E-state index in [1.807, 2.05) is 6.07 Å². The molecule has 0 aliphatic rings. The highest BCUT2D eigenvalue weighted by atomic mass is 79.9. The van der Waals surface area contributed by atoms with Gasteiger partial charge in [0.15, 0.2) is 0 Å². The van der Waals surface area contributed by atoms with E-state index in [2.05, 4.69) is 37.7 Å². The predicted octanol–water partition coefficient (Wildman–Crippen LogP) is 3.18. The highest BCUT2D eigenvalue weighted by Gasteiger charge is 2.06. The first-order valence-corrected chi connectivity index (χ1v) is 8.36. The van der Waals surface area contributed by atoms with Crippen LogP contribution in [0.25, 0.3) is 0 Å². The lowest BCUT2D eigenvalue weighted by atomic mass is 10.2. The molecule has 0 heterocycles. The SMILES string of the molecule is C#CCOc1ccc(Br)cc1/C=N\NC(=O)c1ccc(NC(C)=O)cc1. The highest BCUT2D eigenvalue weighted by molar-refractivity contribution is 9.10. The number of hydrazone groups is 1. The third-order valence-electron chi connectivity index (χ3n) is 3.12. The zero-order valence-electron chi connectivity index (χ0n) is 14.0. The highest BCUT2D eigenvalue weighted by Crippen LogP contribution is 2.21. The summed E-state index contributed by atoms with van der Waals surface area (Å²) in [7, 11) is 0. The van der Waals surface area contributed by atoms with Crippen molar-refractivity contribution in [3.63, 3.8) is 0 Å². The minimum absolute atomic E-state index is 0.134. The maximum Gasteiger partial charge on any atom is 0.271 e. The van der Waals surface area contributed by atoms with Crippen molar-refractivity contribution < 1.29 is 14.3 Å². The second kappa shape index (κ2) is 9.39. The Kier molecular flexibility index (Phi) is 6.94. The summed E-state index contributed by atoms with van der Waals surface area (Å²) in [6.45, 7) is 1.55. The fourth-order valence-electron chi connectivity index (χ4n) is 2.00. The largest absolute Gasteiger partial charge is 0.480 e. The number of carbonyl (C=O) groups is 2. The number of ether oxygens (including phenoxy) is 1. The molecule has 26 heavy (non-hydrogen) atoms. The molecule has 0 fully saturated rings. The third-order valence-corrected chi connectivity index (χ3v) is 3.61. The van der Waals surface area contributed by atoms with Gasteiger partial charge in [-0.2, -0.15) is 5.10 Å². The van der Waals surface area contributed by atoms with Crippen molar-refractivity contribution >= 4 is 39.6 Å². The predicted molar refractivity (Wildman–Crippen MR) is 104 cm³/mol. The molecule has 2 N–H and O–H groups in total. The molecule has 2 aromatic rings. The van der Waals surface area contributed by atoms with E-state index in [0.717, 1.165) is 4.47 Å². The molecule has 2 rings (SSSR count). The molecule has 0 bridgehead atoms. The Bertz CT molecular complexity index is 871. The van der Waals surface area contributed by atoms with Crippen molar-refractivity contribution in [1.29, 1.82) is 0 Å². The molecule has 6 nitrogen and oxygen atoms in total. The Morgan fingerprint density at radius 2 is 2.00 bits per heavy atom. The second-order valence-corrected chi connectivity index (χ2v) is 6.05. The van der Waals surface area contributed by atoms with Gasteiger partial charge in [-0.15, -0.1) is 6.42 Å². The standard InChI is InChI=1S/C19H16BrN3O3/c1-3-10-26-18-9-6-16(20)11-15(18)12-21-23-19(25)14-4-7-17(8-5-14)22-13(2)24/h1,4-9,11-12H,10H2,2H3,(H,22,24)(H,23,25)/b21-12-. The first kappa shape index (κ1) is 19.2. The Hall–Kier alpha value is -3.11. The van der Waals surface area contributed by atoms with Crippen LogP contribution in [0.1, 0.15) is 22.8 Å². The number of anilines is 1. The van der Waals surface area contributed by atoms with Gasteiger partial charge in [-0.1, -0.05) is 21.9 Å². The van der Waals surface area contributed by atoms with Gasteiger partial charge in [-0.05, 0) is 42.5 Å². The van der Waals surface area contributed by atoms with Gasteiger partial charge < -0.3 is 10.1 Å². The summed E-state index contributed by atoms with van der Waals surface area (Å²) in [5.41, 5.74) is 4.13. The van der Waals surface area contributed by atoms with E-state index in [1.165, 1.54) is 13.1 Å². The minimum atomic E-state index is -0.378. The van der Waals surface area contributed by atoms with Crippen LogP contribution in [-0.4, -0.2) is 24.6 Å². The first-order valence-electron chi connectivity index (χ1n) is 7.56. The normalized spacial score (nSPS) is 10.2. The fraction of sp³-hybridized carbons (Fsp3) is 0.105. The number of carbonyl (C=O) groups excluding carboxylic acids is 2. The minimum Gasteiger partial charge on any atom is -0.480 e. The molecule has 0 aliphatic carbocycles. The van der Waals surface area contributed by atoms with Gasteiger partial charge in [0.1, 0.15) is 12.4 Å². The second-order valence-electron chi connectivity index (χ2n) is 5.13. The van der Waals surface area contributed by atoms with E-state index in [-0.39, 0.29) is 18.4 Å². The molecule has 0 unspecified atom stereocenters. The summed E-state index contributed by atoms with van der Waals surface area (Å²) in [5, 5.41) is 6.58. The molecule has 0 atom stereocenters. The molecule has 7 heteroatoms. The topological polar surface area (TPSA) is 79.8 Å². The lowest BCUT2D eigenvalue weighted by molar-refractivity contribution is -0.114. The van der Waals surface area contributed by atoms with Gasteiger partial charge in [-0.3, -0.25) is 9.59 Å². The summed E-state index contributed by atoms with van der Waals surface area (Å²) in [4.78, 5) is 23.1. The van der Waals surface area contributed by atoms with Crippen molar-refractivity contribution in [1.82, 2.24) is 5.43 Å². The molecule has 0 spiro atoms. The Morgan fingerprint density at radius 1 is 1.27 bits per heavy atom. The van der Waals surface area contributed by atoms with Crippen LogP contribution in [0.2, 0.25) is 0 Å². The fourth-order valence-corrected chi connectivity index (χ4v) is 2.38. The van der Waals surface area contributed by atoms with Crippen LogP contribution in [0.5, 0.6) is 5.75 Å². The maximum absolute atomic E-state index is 12.1. The Morgan fingerprint density at radius 3 is 2.65 bits per heavy atom. The van der Waals surface area contributed by atoms with Gasteiger partial charge in [0, 0.05) is 28.2 Å². The van der Waals surface area contributed by atoms with E-state index in [9.17, 15) is 9.59 Å². The summed E-state index contributed by atoms with van der Waals surface area (Å²) >= 11 is 3.37. The smallest absolute Gasteiger partial charge is 0.271 e. The van der Waals surface area contributed by atoms with Crippen molar-refractivity contribution in [3.8, 4) is 18.1 Å². The zero-order valence-corrected chi connectivity index (χ0v) is 15.5. The molecule has 2 amide bonds. The average Bonchev–Trinajstić information content (AvgIpc) is 2.61. The quantitative estimate of drug-likeness (QED) is 0.433. The molecular formula is C19H16BrN3O3. The van der Waals surface area contributed by atoms with Crippen LogP contribution in [0.4, 0.5) is 5.69 Å². The molecule has 0 aliphatic heterocycles. The first-order chi connectivity index (χ1) is 12.5. The summed E-state index contributed by atoms with van der Waals surface area (Å²) < 4.78 is 6.27. The van der Waals surface area contributed by atoms with Gasteiger partial charge in [0.2, 0.25) is 5.91 Å². The Balaban J connectivity index is 2.03. The van der Waals surface area contributed by atoms with Gasteiger partial charge in [0.05, 0.1) is 6.21 Å². The lowest BCUT2D eigenvalue weighted by Gasteiger charge is -2.07. The summed E-state index contributed by atoms with van der Waals surface area (Å²) in [6, 6.07) is 11.8. The summed E-state index contributed by atoms with van der Waals surface area (Å²) in [5.74, 6) is 2.40. The molecule has 132 valence electrons. The number of nitrogens with zero attached hydrogens (tertiary/aromatic N) is 1.